The molecule has 196 valence electrons. The van der Waals surface area contributed by atoms with Crippen molar-refractivity contribution >= 4 is 39.1 Å². The summed E-state index contributed by atoms with van der Waals surface area (Å²) in [6.07, 6.45) is 6.25. The van der Waals surface area contributed by atoms with Crippen LogP contribution in [-0.4, -0.2) is 50.0 Å². The number of nitrogens with one attached hydrogen (secondary N) is 1. The molecule has 0 radical (unpaired) electrons. The Bertz CT molecular complexity index is 1100. The van der Waals surface area contributed by atoms with Gasteiger partial charge in [-0.2, -0.15) is 0 Å². The van der Waals surface area contributed by atoms with E-state index in [9.17, 15) is 18.0 Å². The maximum absolute atomic E-state index is 13.5. The largest absolute Gasteiger partial charge is 0.352 e. The number of benzene rings is 2. The van der Waals surface area contributed by atoms with Gasteiger partial charge in [0.2, 0.25) is 21.8 Å². The third kappa shape index (κ3) is 7.96. The normalized spacial score (nSPS) is 14.9. The monoisotopic (exact) mass is 533 g/mol. The van der Waals surface area contributed by atoms with E-state index >= 15 is 0 Å². The smallest absolute Gasteiger partial charge is 0.243 e. The van der Waals surface area contributed by atoms with Crippen LogP contribution in [0.3, 0.4) is 0 Å². The first-order valence-electron chi connectivity index (χ1n) is 12.6. The van der Waals surface area contributed by atoms with Crippen LogP contribution in [0.25, 0.3) is 0 Å². The van der Waals surface area contributed by atoms with Gasteiger partial charge in [-0.25, -0.2) is 8.42 Å². The number of anilines is 1. The summed E-state index contributed by atoms with van der Waals surface area (Å²) in [4.78, 5) is 28.3. The van der Waals surface area contributed by atoms with Gasteiger partial charge in [-0.1, -0.05) is 61.7 Å². The van der Waals surface area contributed by atoms with Gasteiger partial charge in [-0.05, 0) is 55.5 Å². The van der Waals surface area contributed by atoms with Gasteiger partial charge in [0, 0.05) is 30.6 Å². The molecule has 2 amide bonds. The summed E-state index contributed by atoms with van der Waals surface area (Å²) >= 11 is 5.95. The molecule has 2 aromatic carbocycles. The summed E-state index contributed by atoms with van der Waals surface area (Å²) in [5, 5.41) is 3.65. The van der Waals surface area contributed by atoms with E-state index in [0.29, 0.717) is 30.1 Å². The van der Waals surface area contributed by atoms with Crippen molar-refractivity contribution in [2.75, 3.05) is 17.1 Å². The second-order valence-electron chi connectivity index (χ2n) is 9.34. The molecule has 0 bridgehead atoms. The van der Waals surface area contributed by atoms with Crippen molar-refractivity contribution in [2.24, 2.45) is 0 Å². The van der Waals surface area contributed by atoms with Crippen LogP contribution in [0.2, 0.25) is 5.02 Å². The molecule has 2 aromatic rings. The Morgan fingerprint density at radius 3 is 2.28 bits per heavy atom. The fourth-order valence-corrected chi connectivity index (χ4v) is 5.77. The van der Waals surface area contributed by atoms with E-state index in [0.717, 1.165) is 37.5 Å². The highest BCUT2D eigenvalue weighted by Gasteiger charge is 2.30. The highest BCUT2D eigenvalue weighted by atomic mass is 35.5. The average molecular weight is 534 g/mol. The van der Waals surface area contributed by atoms with Crippen molar-refractivity contribution in [1.82, 2.24) is 10.2 Å². The summed E-state index contributed by atoms with van der Waals surface area (Å²) in [5.74, 6) is -0.288. The van der Waals surface area contributed by atoms with Crippen LogP contribution in [0.1, 0.15) is 57.4 Å². The van der Waals surface area contributed by atoms with E-state index in [1.807, 2.05) is 37.3 Å². The fraction of sp³-hybridized carbons (Fsp3) is 0.481. The maximum atomic E-state index is 13.5. The quantitative estimate of drug-likeness (QED) is 0.426. The van der Waals surface area contributed by atoms with Crippen LogP contribution in [0, 0.1) is 0 Å². The van der Waals surface area contributed by atoms with Crippen LogP contribution >= 0.6 is 11.6 Å². The van der Waals surface area contributed by atoms with Crippen molar-refractivity contribution in [3.8, 4) is 0 Å². The maximum Gasteiger partial charge on any atom is 0.243 e. The van der Waals surface area contributed by atoms with Gasteiger partial charge in [0.25, 0.3) is 0 Å². The second kappa shape index (κ2) is 13.1. The number of hydrogen-bond acceptors (Lipinski definition) is 4. The molecule has 3 rings (SSSR count). The highest BCUT2D eigenvalue weighted by Crippen LogP contribution is 2.22. The van der Waals surface area contributed by atoms with Gasteiger partial charge >= 0.3 is 0 Å². The van der Waals surface area contributed by atoms with Crippen molar-refractivity contribution in [1.29, 1.82) is 0 Å². The molecule has 1 fully saturated rings. The van der Waals surface area contributed by atoms with Crippen molar-refractivity contribution in [3.63, 3.8) is 0 Å². The lowest BCUT2D eigenvalue weighted by atomic mass is 10.1. The van der Waals surface area contributed by atoms with E-state index in [1.54, 1.807) is 29.2 Å². The van der Waals surface area contributed by atoms with Crippen LogP contribution in [-0.2, 0) is 26.2 Å². The Labute approximate surface area is 219 Å². The molecule has 1 aliphatic carbocycles. The summed E-state index contributed by atoms with van der Waals surface area (Å²) in [7, 11) is -3.54. The van der Waals surface area contributed by atoms with Gasteiger partial charge < -0.3 is 10.2 Å². The van der Waals surface area contributed by atoms with E-state index in [1.165, 1.54) is 4.31 Å². The topological polar surface area (TPSA) is 86.8 Å². The van der Waals surface area contributed by atoms with E-state index in [4.69, 9.17) is 11.6 Å². The highest BCUT2D eigenvalue weighted by molar-refractivity contribution is 7.92. The third-order valence-electron chi connectivity index (χ3n) is 6.55. The fourth-order valence-electron chi connectivity index (χ4n) is 4.68. The van der Waals surface area contributed by atoms with E-state index in [2.05, 4.69) is 5.32 Å². The molecule has 0 unspecified atom stereocenters. The Hall–Kier alpha value is -2.58. The lowest BCUT2D eigenvalue weighted by Crippen LogP contribution is -2.51. The van der Waals surface area contributed by atoms with Gasteiger partial charge in [0.15, 0.2) is 0 Å². The molecule has 0 aromatic heterocycles. The van der Waals surface area contributed by atoms with Crippen molar-refractivity contribution in [2.45, 2.75) is 70.5 Å². The molecular formula is C27H36ClN3O4S. The number of halogens is 1. The van der Waals surface area contributed by atoms with E-state index in [-0.39, 0.29) is 30.8 Å². The third-order valence-corrected chi connectivity index (χ3v) is 8.00. The molecule has 36 heavy (non-hydrogen) atoms. The zero-order chi connectivity index (χ0) is 26.1. The molecule has 0 aliphatic heterocycles. The zero-order valence-electron chi connectivity index (χ0n) is 21.0. The number of carbonyl (C=O) groups is 2. The second-order valence-corrected chi connectivity index (χ2v) is 11.7. The SMILES string of the molecule is CC[C@H](C(=O)NC1CCCC1)N(Cc1ccccc1)C(=O)CCCN(c1ccc(Cl)cc1)S(C)(=O)=O. The number of nitrogens with zero attached hydrogens (tertiary/aromatic N) is 2. The number of carbonyl (C=O) groups excluding carboxylic acids is 2. The summed E-state index contributed by atoms with van der Waals surface area (Å²) in [6.45, 7) is 2.38. The number of hydrogen-bond donors (Lipinski definition) is 1. The first kappa shape index (κ1) is 28.0. The lowest BCUT2D eigenvalue weighted by Gasteiger charge is -2.32. The van der Waals surface area contributed by atoms with Crippen molar-refractivity contribution < 1.29 is 18.0 Å². The number of rotatable bonds is 12. The van der Waals surface area contributed by atoms with E-state index < -0.39 is 16.1 Å². The molecule has 1 atom stereocenters. The molecule has 9 heteroatoms. The van der Waals surface area contributed by atoms with Gasteiger partial charge in [-0.3, -0.25) is 13.9 Å². The Kier molecular flexibility index (Phi) is 10.2. The van der Waals surface area contributed by atoms with Crippen LogP contribution in [0.5, 0.6) is 0 Å². The Morgan fingerprint density at radius 2 is 1.69 bits per heavy atom. The van der Waals surface area contributed by atoms with Crippen LogP contribution in [0.15, 0.2) is 54.6 Å². The first-order chi connectivity index (χ1) is 17.2. The van der Waals surface area contributed by atoms with Gasteiger partial charge in [-0.15, -0.1) is 0 Å². The average Bonchev–Trinajstić information content (AvgIpc) is 3.35. The zero-order valence-corrected chi connectivity index (χ0v) is 22.6. The summed E-state index contributed by atoms with van der Waals surface area (Å²) < 4.78 is 26.1. The molecule has 1 aliphatic rings. The molecule has 0 spiro atoms. The standard InChI is InChI=1S/C27H36ClN3O4S/c1-3-25(27(33)29-23-12-7-8-13-23)30(20-21-10-5-4-6-11-21)26(32)14-9-19-31(36(2,34)35)24-17-15-22(28)16-18-24/h4-6,10-11,15-18,23,25H,3,7-9,12-14,19-20H2,1-2H3,(H,29,33)/t25-/m1/s1. The molecule has 7 nitrogen and oxygen atoms in total. The van der Waals surface area contributed by atoms with Gasteiger partial charge in [0.05, 0.1) is 11.9 Å². The summed E-state index contributed by atoms with van der Waals surface area (Å²) in [5.41, 5.74) is 1.44. The van der Waals surface area contributed by atoms with Crippen LogP contribution in [0.4, 0.5) is 5.69 Å². The van der Waals surface area contributed by atoms with Crippen LogP contribution < -0.4 is 9.62 Å². The molecule has 0 saturated heterocycles. The predicted molar refractivity (Wildman–Crippen MR) is 144 cm³/mol. The molecule has 1 saturated carbocycles. The minimum Gasteiger partial charge on any atom is -0.352 e. The van der Waals surface area contributed by atoms with Gasteiger partial charge in [0.1, 0.15) is 6.04 Å². The predicted octanol–water partition coefficient (Wildman–Crippen LogP) is 4.75. The first-order valence-corrected chi connectivity index (χ1v) is 14.8. The molecule has 0 heterocycles. The molecular weight excluding hydrogens is 498 g/mol. The Balaban J connectivity index is 1.72. The minimum atomic E-state index is -3.54. The minimum absolute atomic E-state index is 0.118. The number of sulfonamides is 1. The summed E-state index contributed by atoms with van der Waals surface area (Å²) in [6, 6.07) is 15.8. The molecule has 1 N–H and O–H groups in total. The van der Waals surface area contributed by atoms with Crippen molar-refractivity contribution in [3.05, 3.63) is 65.2 Å². The Morgan fingerprint density at radius 1 is 1.06 bits per heavy atom. The lowest BCUT2D eigenvalue weighted by molar-refractivity contribution is -0.141. The number of amides is 2.